The zero-order valence-corrected chi connectivity index (χ0v) is 10.2. The Balaban J connectivity index is 2.02. The molecule has 1 aliphatic heterocycles. The Kier molecular flexibility index (Phi) is 4.10. The molecule has 1 aromatic rings. The maximum absolute atomic E-state index is 13.2. The van der Waals surface area contributed by atoms with Gasteiger partial charge in [0.1, 0.15) is 5.82 Å². The van der Waals surface area contributed by atoms with Gasteiger partial charge in [-0.25, -0.2) is 4.39 Å². The van der Waals surface area contributed by atoms with Crippen molar-refractivity contribution in [3.05, 3.63) is 35.1 Å². The van der Waals surface area contributed by atoms with Gasteiger partial charge < -0.3 is 10.5 Å². The molecule has 4 heteroatoms. The second-order valence-corrected chi connectivity index (χ2v) is 4.53. The van der Waals surface area contributed by atoms with Crippen LogP contribution in [0.25, 0.3) is 0 Å². The molecule has 0 saturated carbocycles. The van der Waals surface area contributed by atoms with Crippen molar-refractivity contribution in [2.75, 3.05) is 26.2 Å². The van der Waals surface area contributed by atoms with Crippen LogP contribution >= 0.6 is 0 Å². The van der Waals surface area contributed by atoms with Crippen LogP contribution in [0, 0.1) is 12.7 Å². The van der Waals surface area contributed by atoms with Gasteiger partial charge in [0, 0.05) is 26.2 Å². The van der Waals surface area contributed by atoms with Crippen molar-refractivity contribution in [3.8, 4) is 0 Å². The Morgan fingerprint density at radius 2 is 2.35 bits per heavy atom. The fourth-order valence-electron chi connectivity index (χ4n) is 2.12. The number of halogens is 1. The molecule has 2 rings (SSSR count). The topological polar surface area (TPSA) is 38.5 Å². The normalized spacial score (nSPS) is 21.7. The zero-order valence-electron chi connectivity index (χ0n) is 10.2. The van der Waals surface area contributed by atoms with Gasteiger partial charge in [-0.1, -0.05) is 6.07 Å². The van der Waals surface area contributed by atoms with Crippen molar-refractivity contribution in [2.24, 2.45) is 5.73 Å². The summed E-state index contributed by atoms with van der Waals surface area (Å²) >= 11 is 0. The number of nitrogens with two attached hydrogens (primary N) is 1. The maximum Gasteiger partial charge on any atom is 0.123 e. The third kappa shape index (κ3) is 3.25. The number of morpholine rings is 1. The van der Waals surface area contributed by atoms with Crippen LogP contribution in [0.15, 0.2) is 18.2 Å². The van der Waals surface area contributed by atoms with E-state index in [0.717, 1.165) is 30.8 Å². The maximum atomic E-state index is 13.2. The first-order chi connectivity index (χ1) is 8.19. The van der Waals surface area contributed by atoms with Crippen LogP contribution in [0.5, 0.6) is 0 Å². The van der Waals surface area contributed by atoms with E-state index in [2.05, 4.69) is 4.90 Å². The highest BCUT2D eigenvalue weighted by Crippen LogP contribution is 2.15. The number of ether oxygens (including phenoxy) is 1. The van der Waals surface area contributed by atoms with Gasteiger partial charge in [-0.15, -0.1) is 0 Å². The molecule has 0 aromatic heterocycles. The van der Waals surface area contributed by atoms with Crippen molar-refractivity contribution in [1.29, 1.82) is 0 Å². The molecule has 1 aromatic carbocycles. The lowest BCUT2D eigenvalue weighted by Gasteiger charge is -2.32. The Morgan fingerprint density at radius 3 is 3.12 bits per heavy atom. The summed E-state index contributed by atoms with van der Waals surface area (Å²) in [4.78, 5) is 2.27. The fourth-order valence-corrected chi connectivity index (χ4v) is 2.12. The van der Waals surface area contributed by atoms with E-state index in [0.29, 0.717) is 13.2 Å². The highest BCUT2D eigenvalue weighted by molar-refractivity contribution is 5.26. The summed E-state index contributed by atoms with van der Waals surface area (Å²) in [5.74, 6) is -0.172. The molecular weight excluding hydrogens is 219 g/mol. The Hall–Kier alpha value is -0.970. The number of hydrogen-bond donors (Lipinski definition) is 1. The molecule has 94 valence electrons. The molecule has 17 heavy (non-hydrogen) atoms. The van der Waals surface area contributed by atoms with Gasteiger partial charge in [-0.3, -0.25) is 4.90 Å². The SMILES string of the molecule is Cc1ccc(F)cc1CN1CCOC(CN)C1. The van der Waals surface area contributed by atoms with Gasteiger partial charge in [0.15, 0.2) is 0 Å². The molecule has 0 amide bonds. The lowest BCUT2D eigenvalue weighted by Crippen LogP contribution is -2.45. The van der Waals surface area contributed by atoms with Gasteiger partial charge in [0.25, 0.3) is 0 Å². The first-order valence-electron chi connectivity index (χ1n) is 5.98. The minimum Gasteiger partial charge on any atom is -0.374 e. The molecule has 3 nitrogen and oxygen atoms in total. The fraction of sp³-hybridized carbons (Fsp3) is 0.538. The molecule has 0 radical (unpaired) electrons. The predicted octanol–water partition coefficient (Wildman–Crippen LogP) is 1.29. The Morgan fingerprint density at radius 1 is 1.53 bits per heavy atom. The third-order valence-corrected chi connectivity index (χ3v) is 3.19. The molecule has 0 aliphatic carbocycles. The number of hydrogen-bond acceptors (Lipinski definition) is 3. The lowest BCUT2D eigenvalue weighted by atomic mass is 10.1. The monoisotopic (exact) mass is 238 g/mol. The Bertz CT molecular complexity index is 384. The van der Waals surface area contributed by atoms with E-state index in [9.17, 15) is 4.39 Å². The molecular formula is C13H19FN2O. The summed E-state index contributed by atoms with van der Waals surface area (Å²) in [5, 5.41) is 0. The average Bonchev–Trinajstić information content (AvgIpc) is 2.34. The van der Waals surface area contributed by atoms with Crippen LogP contribution in [-0.2, 0) is 11.3 Å². The highest BCUT2D eigenvalue weighted by Gasteiger charge is 2.19. The summed E-state index contributed by atoms with van der Waals surface area (Å²) in [6.45, 7) is 5.73. The van der Waals surface area contributed by atoms with Gasteiger partial charge in [0.05, 0.1) is 12.7 Å². The highest BCUT2D eigenvalue weighted by atomic mass is 19.1. The van der Waals surface area contributed by atoms with Crippen LogP contribution in [0.4, 0.5) is 4.39 Å². The quantitative estimate of drug-likeness (QED) is 0.862. The van der Waals surface area contributed by atoms with Crippen molar-refractivity contribution < 1.29 is 9.13 Å². The predicted molar refractivity (Wildman–Crippen MR) is 65.2 cm³/mol. The molecule has 1 unspecified atom stereocenters. The van der Waals surface area contributed by atoms with Crippen molar-refractivity contribution in [1.82, 2.24) is 4.90 Å². The van der Waals surface area contributed by atoms with Crippen molar-refractivity contribution >= 4 is 0 Å². The second-order valence-electron chi connectivity index (χ2n) is 4.53. The minimum atomic E-state index is -0.172. The molecule has 2 N–H and O–H groups in total. The molecule has 0 bridgehead atoms. The summed E-state index contributed by atoms with van der Waals surface area (Å²) in [7, 11) is 0. The summed E-state index contributed by atoms with van der Waals surface area (Å²) in [6, 6.07) is 4.94. The number of aryl methyl sites for hydroxylation is 1. The summed E-state index contributed by atoms with van der Waals surface area (Å²) < 4.78 is 18.7. The van der Waals surface area contributed by atoms with E-state index >= 15 is 0 Å². The number of benzene rings is 1. The van der Waals surface area contributed by atoms with E-state index in [1.807, 2.05) is 13.0 Å². The van der Waals surface area contributed by atoms with Gasteiger partial charge in [-0.2, -0.15) is 0 Å². The van der Waals surface area contributed by atoms with E-state index in [1.165, 1.54) is 6.07 Å². The summed E-state index contributed by atoms with van der Waals surface area (Å²) in [6.07, 6.45) is 0.109. The molecule has 1 atom stereocenters. The van der Waals surface area contributed by atoms with Gasteiger partial charge in [-0.05, 0) is 30.2 Å². The van der Waals surface area contributed by atoms with Crippen LogP contribution in [0.1, 0.15) is 11.1 Å². The van der Waals surface area contributed by atoms with Crippen molar-refractivity contribution in [3.63, 3.8) is 0 Å². The molecule has 1 aliphatic rings. The third-order valence-electron chi connectivity index (χ3n) is 3.19. The number of rotatable bonds is 3. The molecule has 0 spiro atoms. The van der Waals surface area contributed by atoms with Crippen LogP contribution in [0.3, 0.4) is 0 Å². The van der Waals surface area contributed by atoms with E-state index in [-0.39, 0.29) is 11.9 Å². The van der Waals surface area contributed by atoms with E-state index in [1.54, 1.807) is 6.07 Å². The van der Waals surface area contributed by atoms with Crippen molar-refractivity contribution in [2.45, 2.75) is 19.6 Å². The van der Waals surface area contributed by atoms with E-state index < -0.39 is 0 Å². The van der Waals surface area contributed by atoms with Crippen LogP contribution in [-0.4, -0.2) is 37.2 Å². The first kappa shape index (κ1) is 12.5. The molecule has 1 fully saturated rings. The van der Waals surface area contributed by atoms with Gasteiger partial charge in [0.2, 0.25) is 0 Å². The van der Waals surface area contributed by atoms with E-state index in [4.69, 9.17) is 10.5 Å². The molecule has 1 saturated heterocycles. The minimum absolute atomic E-state index is 0.109. The Labute approximate surface area is 101 Å². The second kappa shape index (κ2) is 5.58. The van der Waals surface area contributed by atoms with Crippen LogP contribution < -0.4 is 5.73 Å². The van der Waals surface area contributed by atoms with Crippen LogP contribution in [0.2, 0.25) is 0 Å². The standard InChI is InChI=1S/C13H19FN2O/c1-10-2-3-12(14)6-11(10)8-16-4-5-17-13(7-15)9-16/h2-3,6,13H,4-5,7-9,15H2,1H3. The lowest BCUT2D eigenvalue weighted by molar-refractivity contribution is -0.0261. The number of nitrogens with zero attached hydrogens (tertiary/aromatic N) is 1. The summed E-state index contributed by atoms with van der Waals surface area (Å²) in [5.41, 5.74) is 7.77. The average molecular weight is 238 g/mol. The largest absolute Gasteiger partial charge is 0.374 e. The van der Waals surface area contributed by atoms with Gasteiger partial charge >= 0.3 is 0 Å². The smallest absolute Gasteiger partial charge is 0.123 e. The zero-order chi connectivity index (χ0) is 12.3. The molecule has 1 heterocycles. The first-order valence-corrected chi connectivity index (χ1v) is 5.98.